The lowest BCUT2D eigenvalue weighted by atomic mass is 10.1. The molecule has 0 spiro atoms. The second kappa shape index (κ2) is 46.5. The Hall–Kier alpha value is -3.15. The van der Waals surface area contributed by atoms with E-state index in [0.29, 0.717) is 19.3 Å². The molecule has 0 heterocycles. The van der Waals surface area contributed by atoms with Crippen molar-refractivity contribution in [3.8, 4) is 0 Å². The molecule has 0 saturated heterocycles. The van der Waals surface area contributed by atoms with Crippen molar-refractivity contribution in [2.75, 3.05) is 13.2 Å². The molecule has 0 aromatic rings. The molecule has 0 aliphatic carbocycles. The standard InChI is InChI=1S/C52H88O6/c1-4-7-10-13-16-18-20-22-24-25-26-27-28-30-31-33-36-39-42-45-51(54)57-48-49(47-56-50(53)44-41-38-35-15-12-9-6-3)58-52(55)46-43-40-37-34-32-29-23-21-19-17-14-11-8-5-2/h7,10,16,18,21-24,26-27,30-31,49H,4-6,8-9,11-15,17,19-20,25,28-29,32-48H2,1-3H3/b10-7-,18-16-,23-21-,24-22-,27-26-,31-30-. The van der Waals surface area contributed by atoms with E-state index in [4.69, 9.17) is 14.2 Å². The molecule has 0 aliphatic heterocycles. The van der Waals surface area contributed by atoms with Crippen molar-refractivity contribution in [1.29, 1.82) is 0 Å². The Kier molecular flexibility index (Phi) is 44.0. The van der Waals surface area contributed by atoms with Gasteiger partial charge < -0.3 is 14.2 Å². The molecule has 0 aliphatic rings. The first-order valence-electron chi connectivity index (χ1n) is 23.9. The average Bonchev–Trinajstić information content (AvgIpc) is 3.22. The Morgan fingerprint density at radius 3 is 1.09 bits per heavy atom. The summed E-state index contributed by atoms with van der Waals surface area (Å²) in [6.45, 7) is 6.42. The van der Waals surface area contributed by atoms with Gasteiger partial charge in [0.05, 0.1) is 0 Å². The maximum atomic E-state index is 12.7. The Balaban J connectivity index is 4.36. The highest BCUT2D eigenvalue weighted by atomic mass is 16.6. The fourth-order valence-corrected chi connectivity index (χ4v) is 6.34. The number of carbonyl (C=O) groups excluding carboxylic acids is 3. The van der Waals surface area contributed by atoms with Gasteiger partial charge in [-0.1, -0.05) is 184 Å². The number of rotatable bonds is 42. The van der Waals surface area contributed by atoms with Crippen molar-refractivity contribution in [3.05, 3.63) is 72.9 Å². The molecule has 0 bridgehead atoms. The highest BCUT2D eigenvalue weighted by Gasteiger charge is 2.19. The largest absolute Gasteiger partial charge is 0.462 e. The zero-order valence-electron chi connectivity index (χ0n) is 37.8. The van der Waals surface area contributed by atoms with Crippen LogP contribution in [0.25, 0.3) is 0 Å². The normalized spacial score (nSPS) is 12.7. The number of ether oxygens (including phenoxy) is 3. The predicted molar refractivity (Wildman–Crippen MR) is 247 cm³/mol. The van der Waals surface area contributed by atoms with Gasteiger partial charge in [0.1, 0.15) is 13.2 Å². The number of unbranched alkanes of at least 4 members (excludes halogenated alkanes) is 19. The van der Waals surface area contributed by atoms with Crippen LogP contribution in [0.5, 0.6) is 0 Å². The Morgan fingerprint density at radius 1 is 0.362 bits per heavy atom. The lowest BCUT2D eigenvalue weighted by Crippen LogP contribution is -2.30. The molecule has 0 fully saturated rings. The van der Waals surface area contributed by atoms with Gasteiger partial charge in [-0.2, -0.15) is 0 Å². The van der Waals surface area contributed by atoms with Crippen molar-refractivity contribution in [2.45, 2.75) is 226 Å². The number of carbonyl (C=O) groups is 3. The fraction of sp³-hybridized carbons (Fsp3) is 0.712. The second-order valence-corrected chi connectivity index (χ2v) is 15.6. The Labute approximate surface area is 357 Å². The topological polar surface area (TPSA) is 78.9 Å². The monoisotopic (exact) mass is 809 g/mol. The quantitative estimate of drug-likeness (QED) is 0.0264. The van der Waals surface area contributed by atoms with E-state index in [1.165, 1.54) is 70.6 Å². The first-order chi connectivity index (χ1) is 28.5. The molecule has 1 unspecified atom stereocenters. The molecule has 0 rings (SSSR count). The predicted octanol–water partition coefficient (Wildman–Crippen LogP) is 15.5. The summed E-state index contributed by atoms with van der Waals surface area (Å²) in [5.74, 6) is -0.941. The van der Waals surface area contributed by atoms with Crippen molar-refractivity contribution < 1.29 is 28.6 Å². The van der Waals surface area contributed by atoms with Crippen molar-refractivity contribution in [2.24, 2.45) is 0 Å². The zero-order valence-corrected chi connectivity index (χ0v) is 37.8. The van der Waals surface area contributed by atoms with Crippen LogP contribution in [-0.2, 0) is 28.6 Å². The molecule has 58 heavy (non-hydrogen) atoms. The molecular weight excluding hydrogens is 721 g/mol. The Morgan fingerprint density at radius 2 is 0.672 bits per heavy atom. The highest BCUT2D eigenvalue weighted by molar-refractivity contribution is 5.71. The summed E-state index contributed by atoms with van der Waals surface area (Å²) in [5.41, 5.74) is 0. The minimum Gasteiger partial charge on any atom is -0.462 e. The lowest BCUT2D eigenvalue weighted by molar-refractivity contribution is -0.167. The number of hydrogen-bond donors (Lipinski definition) is 0. The van der Waals surface area contributed by atoms with E-state index in [9.17, 15) is 14.4 Å². The Bertz CT molecular complexity index is 1110. The summed E-state index contributed by atoms with van der Waals surface area (Å²) < 4.78 is 16.7. The zero-order chi connectivity index (χ0) is 42.3. The molecule has 0 aromatic carbocycles. The molecule has 0 N–H and O–H groups in total. The van der Waals surface area contributed by atoms with Crippen LogP contribution in [0.2, 0.25) is 0 Å². The van der Waals surface area contributed by atoms with Gasteiger partial charge in [-0.3, -0.25) is 14.4 Å². The third-order valence-electron chi connectivity index (χ3n) is 9.95. The van der Waals surface area contributed by atoms with Crippen LogP contribution in [0.1, 0.15) is 220 Å². The van der Waals surface area contributed by atoms with Crippen molar-refractivity contribution in [1.82, 2.24) is 0 Å². The molecule has 1 atom stereocenters. The van der Waals surface area contributed by atoms with Crippen LogP contribution in [0.3, 0.4) is 0 Å². The highest BCUT2D eigenvalue weighted by Crippen LogP contribution is 2.13. The number of esters is 3. The van der Waals surface area contributed by atoms with Crippen LogP contribution in [0.4, 0.5) is 0 Å². The van der Waals surface area contributed by atoms with Gasteiger partial charge in [0, 0.05) is 19.3 Å². The van der Waals surface area contributed by atoms with Crippen LogP contribution >= 0.6 is 0 Å². The maximum absolute atomic E-state index is 12.7. The van der Waals surface area contributed by atoms with E-state index < -0.39 is 6.10 Å². The summed E-state index contributed by atoms with van der Waals surface area (Å²) in [6.07, 6.45) is 57.5. The number of hydrogen-bond acceptors (Lipinski definition) is 6. The van der Waals surface area contributed by atoms with E-state index in [-0.39, 0.29) is 31.1 Å². The first kappa shape index (κ1) is 54.9. The molecule has 0 amide bonds. The van der Waals surface area contributed by atoms with Crippen molar-refractivity contribution >= 4 is 17.9 Å². The van der Waals surface area contributed by atoms with E-state index in [1.807, 2.05) is 0 Å². The summed E-state index contributed by atoms with van der Waals surface area (Å²) in [7, 11) is 0. The molecule has 332 valence electrons. The molecular formula is C52H88O6. The van der Waals surface area contributed by atoms with Crippen LogP contribution in [0.15, 0.2) is 72.9 Å². The third-order valence-corrected chi connectivity index (χ3v) is 9.95. The van der Waals surface area contributed by atoms with Gasteiger partial charge in [-0.25, -0.2) is 0 Å². The minimum absolute atomic E-state index is 0.0894. The van der Waals surface area contributed by atoms with E-state index in [0.717, 1.165) is 109 Å². The van der Waals surface area contributed by atoms with Crippen LogP contribution in [0, 0.1) is 0 Å². The van der Waals surface area contributed by atoms with Crippen LogP contribution in [-0.4, -0.2) is 37.2 Å². The van der Waals surface area contributed by atoms with Gasteiger partial charge in [0.15, 0.2) is 6.10 Å². The molecule has 0 saturated carbocycles. The molecule has 0 aromatic heterocycles. The third kappa shape index (κ3) is 44.0. The van der Waals surface area contributed by atoms with E-state index in [2.05, 4.69) is 93.7 Å². The van der Waals surface area contributed by atoms with E-state index >= 15 is 0 Å². The number of allylic oxidation sites excluding steroid dienone is 12. The van der Waals surface area contributed by atoms with Gasteiger partial charge in [-0.05, 0) is 89.9 Å². The molecule has 6 heteroatoms. The summed E-state index contributed by atoms with van der Waals surface area (Å²) in [5, 5.41) is 0. The lowest BCUT2D eigenvalue weighted by Gasteiger charge is -2.18. The van der Waals surface area contributed by atoms with Crippen molar-refractivity contribution in [3.63, 3.8) is 0 Å². The first-order valence-corrected chi connectivity index (χ1v) is 23.9. The van der Waals surface area contributed by atoms with Crippen LogP contribution < -0.4 is 0 Å². The van der Waals surface area contributed by atoms with Gasteiger partial charge in [0.25, 0.3) is 0 Å². The minimum atomic E-state index is -0.789. The van der Waals surface area contributed by atoms with Gasteiger partial charge >= 0.3 is 17.9 Å². The maximum Gasteiger partial charge on any atom is 0.306 e. The fourth-order valence-electron chi connectivity index (χ4n) is 6.34. The summed E-state index contributed by atoms with van der Waals surface area (Å²) >= 11 is 0. The average molecular weight is 809 g/mol. The van der Waals surface area contributed by atoms with Gasteiger partial charge in [-0.15, -0.1) is 0 Å². The second-order valence-electron chi connectivity index (χ2n) is 15.6. The molecule has 0 radical (unpaired) electrons. The smallest absolute Gasteiger partial charge is 0.306 e. The van der Waals surface area contributed by atoms with E-state index in [1.54, 1.807) is 0 Å². The molecule has 6 nitrogen and oxygen atoms in total. The summed E-state index contributed by atoms with van der Waals surface area (Å²) in [4.78, 5) is 37.7. The SMILES string of the molecule is CC/C=C\C/C=C\C/C=C\C/C=C\C/C=C\CCCCCC(=O)OCC(COC(=O)CCCCCCCCC)OC(=O)CCCCCCC/C=C\CCCCCCC. The summed E-state index contributed by atoms with van der Waals surface area (Å²) in [6, 6.07) is 0. The van der Waals surface area contributed by atoms with Gasteiger partial charge in [0.2, 0.25) is 0 Å².